The summed E-state index contributed by atoms with van der Waals surface area (Å²) in [5.41, 5.74) is 6.48. The molecule has 0 aromatic carbocycles. The van der Waals surface area contributed by atoms with Gasteiger partial charge in [0.25, 0.3) is 0 Å². The molecule has 0 saturated carbocycles. The predicted molar refractivity (Wildman–Crippen MR) is 56.2 cm³/mol. The van der Waals surface area contributed by atoms with Crippen LogP contribution in [0.4, 0.5) is 0 Å². The van der Waals surface area contributed by atoms with Gasteiger partial charge in [0, 0.05) is 5.54 Å². The minimum absolute atomic E-state index is 0.109. The molecular formula is C11H25N. The standard InChI is InChI=1S/C11H25N/c1-5-8-11(12,9-6-2)10(4)7-3/h10H,5-9,12H2,1-4H3. The van der Waals surface area contributed by atoms with E-state index in [1.807, 2.05) is 0 Å². The van der Waals surface area contributed by atoms with Gasteiger partial charge < -0.3 is 5.73 Å². The Bertz CT molecular complexity index is 104. The predicted octanol–water partition coefficient (Wildman–Crippen LogP) is 3.33. The van der Waals surface area contributed by atoms with E-state index in [2.05, 4.69) is 27.7 Å². The van der Waals surface area contributed by atoms with Crippen molar-refractivity contribution in [3.63, 3.8) is 0 Å². The average Bonchev–Trinajstić information content (AvgIpc) is 2.04. The van der Waals surface area contributed by atoms with Gasteiger partial charge in [0.2, 0.25) is 0 Å². The molecule has 0 aromatic heterocycles. The van der Waals surface area contributed by atoms with Crippen molar-refractivity contribution in [1.82, 2.24) is 0 Å². The number of rotatable bonds is 6. The molecule has 1 heteroatoms. The fraction of sp³-hybridized carbons (Fsp3) is 1.00. The van der Waals surface area contributed by atoms with Gasteiger partial charge in [0.1, 0.15) is 0 Å². The molecule has 1 atom stereocenters. The first-order valence-corrected chi connectivity index (χ1v) is 5.39. The SMILES string of the molecule is CCCC(N)(CCC)C(C)CC. The van der Waals surface area contributed by atoms with Crippen LogP contribution >= 0.6 is 0 Å². The molecule has 0 spiro atoms. The quantitative estimate of drug-likeness (QED) is 0.652. The second kappa shape index (κ2) is 5.58. The van der Waals surface area contributed by atoms with Gasteiger partial charge in [-0.3, -0.25) is 0 Å². The Kier molecular flexibility index (Phi) is 5.56. The molecule has 12 heavy (non-hydrogen) atoms. The van der Waals surface area contributed by atoms with Crippen LogP contribution in [0.1, 0.15) is 59.8 Å². The lowest BCUT2D eigenvalue weighted by molar-refractivity contribution is 0.241. The maximum absolute atomic E-state index is 6.37. The molecule has 0 aliphatic carbocycles. The fourth-order valence-electron chi connectivity index (χ4n) is 1.96. The molecule has 1 unspecified atom stereocenters. The highest BCUT2D eigenvalue weighted by Gasteiger charge is 2.28. The zero-order chi connectivity index (χ0) is 9.61. The van der Waals surface area contributed by atoms with E-state index in [1.54, 1.807) is 0 Å². The summed E-state index contributed by atoms with van der Waals surface area (Å²) < 4.78 is 0. The Morgan fingerprint density at radius 3 is 1.75 bits per heavy atom. The van der Waals surface area contributed by atoms with E-state index in [-0.39, 0.29) is 5.54 Å². The minimum Gasteiger partial charge on any atom is -0.325 e. The molecule has 0 heterocycles. The zero-order valence-electron chi connectivity index (χ0n) is 9.19. The molecule has 0 aliphatic rings. The fourth-order valence-corrected chi connectivity index (χ4v) is 1.96. The third kappa shape index (κ3) is 3.14. The van der Waals surface area contributed by atoms with Gasteiger partial charge in [-0.25, -0.2) is 0 Å². The number of hydrogen-bond donors (Lipinski definition) is 1. The van der Waals surface area contributed by atoms with Crippen LogP contribution in [0.3, 0.4) is 0 Å². The molecule has 0 saturated heterocycles. The third-order valence-electron chi connectivity index (χ3n) is 3.02. The zero-order valence-corrected chi connectivity index (χ0v) is 9.19. The molecular weight excluding hydrogens is 146 g/mol. The van der Waals surface area contributed by atoms with E-state index in [0.717, 1.165) is 0 Å². The lowest BCUT2D eigenvalue weighted by Crippen LogP contribution is -2.45. The van der Waals surface area contributed by atoms with Crippen molar-refractivity contribution in [3.8, 4) is 0 Å². The van der Waals surface area contributed by atoms with Gasteiger partial charge >= 0.3 is 0 Å². The Labute approximate surface area is 77.7 Å². The molecule has 0 amide bonds. The average molecular weight is 171 g/mol. The molecule has 74 valence electrons. The summed E-state index contributed by atoms with van der Waals surface area (Å²) in [5.74, 6) is 0.664. The minimum atomic E-state index is 0.109. The number of nitrogens with two attached hydrogens (primary N) is 1. The Morgan fingerprint density at radius 2 is 1.50 bits per heavy atom. The van der Waals surface area contributed by atoms with Crippen LogP contribution in [0.15, 0.2) is 0 Å². The van der Waals surface area contributed by atoms with E-state index in [0.29, 0.717) is 5.92 Å². The number of hydrogen-bond acceptors (Lipinski definition) is 1. The second-order valence-electron chi connectivity index (χ2n) is 4.04. The van der Waals surface area contributed by atoms with Gasteiger partial charge in [-0.1, -0.05) is 47.0 Å². The van der Waals surface area contributed by atoms with Crippen molar-refractivity contribution in [2.24, 2.45) is 11.7 Å². The normalized spacial score (nSPS) is 14.8. The van der Waals surface area contributed by atoms with Crippen LogP contribution in [0.5, 0.6) is 0 Å². The van der Waals surface area contributed by atoms with E-state index in [4.69, 9.17) is 5.73 Å². The molecule has 0 bridgehead atoms. The first-order chi connectivity index (χ1) is 5.60. The lowest BCUT2D eigenvalue weighted by atomic mass is 9.77. The van der Waals surface area contributed by atoms with E-state index in [9.17, 15) is 0 Å². The van der Waals surface area contributed by atoms with Gasteiger partial charge in [0.15, 0.2) is 0 Å². The summed E-state index contributed by atoms with van der Waals surface area (Å²) in [5, 5.41) is 0. The molecule has 0 radical (unpaired) electrons. The van der Waals surface area contributed by atoms with Crippen LogP contribution in [0.2, 0.25) is 0 Å². The van der Waals surface area contributed by atoms with Crippen LogP contribution in [-0.2, 0) is 0 Å². The molecule has 0 aliphatic heterocycles. The van der Waals surface area contributed by atoms with E-state index >= 15 is 0 Å². The molecule has 0 rings (SSSR count). The summed E-state index contributed by atoms with van der Waals surface area (Å²) >= 11 is 0. The first kappa shape index (κ1) is 12.0. The molecule has 1 nitrogen and oxygen atoms in total. The monoisotopic (exact) mass is 171 g/mol. The molecule has 0 fully saturated rings. The van der Waals surface area contributed by atoms with Crippen molar-refractivity contribution in [2.75, 3.05) is 0 Å². The van der Waals surface area contributed by atoms with Crippen molar-refractivity contribution >= 4 is 0 Å². The van der Waals surface area contributed by atoms with Crippen molar-refractivity contribution < 1.29 is 0 Å². The lowest BCUT2D eigenvalue weighted by Gasteiger charge is -2.35. The van der Waals surface area contributed by atoms with Crippen LogP contribution in [0.25, 0.3) is 0 Å². The van der Waals surface area contributed by atoms with Gasteiger partial charge in [-0.15, -0.1) is 0 Å². The van der Waals surface area contributed by atoms with E-state index in [1.165, 1.54) is 32.1 Å². The molecule has 0 aromatic rings. The van der Waals surface area contributed by atoms with Gasteiger partial charge in [-0.2, -0.15) is 0 Å². The largest absolute Gasteiger partial charge is 0.325 e. The third-order valence-corrected chi connectivity index (χ3v) is 3.02. The summed E-state index contributed by atoms with van der Waals surface area (Å²) in [6.45, 7) is 8.96. The highest BCUT2D eigenvalue weighted by molar-refractivity contribution is 4.87. The Balaban J connectivity index is 4.15. The summed E-state index contributed by atoms with van der Waals surface area (Å²) in [7, 11) is 0. The van der Waals surface area contributed by atoms with Gasteiger partial charge in [-0.05, 0) is 18.8 Å². The summed E-state index contributed by atoms with van der Waals surface area (Å²) in [6.07, 6.45) is 5.98. The maximum atomic E-state index is 6.37. The van der Waals surface area contributed by atoms with Crippen molar-refractivity contribution in [3.05, 3.63) is 0 Å². The Hall–Kier alpha value is -0.0400. The van der Waals surface area contributed by atoms with Crippen molar-refractivity contribution in [1.29, 1.82) is 0 Å². The summed E-state index contributed by atoms with van der Waals surface area (Å²) in [4.78, 5) is 0. The first-order valence-electron chi connectivity index (χ1n) is 5.39. The van der Waals surface area contributed by atoms with Crippen LogP contribution in [0, 0.1) is 5.92 Å². The van der Waals surface area contributed by atoms with Crippen LogP contribution in [-0.4, -0.2) is 5.54 Å². The maximum Gasteiger partial charge on any atom is 0.0179 e. The van der Waals surface area contributed by atoms with E-state index < -0.39 is 0 Å². The Morgan fingerprint density at radius 1 is 1.08 bits per heavy atom. The summed E-state index contributed by atoms with van der Waals surface area (Å²) in [6, 6.07) is 0. The van der Waals surface area contributed by atoms with Crippen molar-refractivity contribution in [2.45, 2.75) is 65.3 Å². The smallest absolute Gasteiger partial charge is 0.0179 e. The highest BCUT2D eigenvalue weighted by atomic mass is 14.7. The molecule has 2 N–H and O–H groups in total. The topological polar surface area (TPSA) is 26.0 Å². The highest BCUT2D eigenvalue weighted by Crippen LogP contribution is 2.27. The van der Waals surface area contributed by atoms with Crippen LogP contribution < -0.4 is 5.73 Å². The van der Waals surface area contributed by atoms with Gasteiger partial charge in [0.05, 0.1) is 0 Å². The second-order valence-corrected chi connectivity index (χ2v) is 4.04.